The molecule has 3 aliphatic rings. The van der Waals surface area contributed by atoms with Crippen molar-refractivity contribution in [1.82, 2.24) is 4.90 Å². The van der Waals surface area contributed by atoms with Gasteiger partial charge in [0.15, 0.2) is 0 Å². The lowest BCUT2D eigenvalue weighted by Gasteiger charge is -2.36. The van der Waals surface area contributed by atoms with Gasteiger partial charge >= 0.3 is 5.97 Å². The number of carbonyl (C=O) groups excluding carboxylic acids is 3. The van der Waals surface area contributed by atoms with Gasteiger partial charge in [0, 0.05) is 41.8 Å². The Morgan fingerprint density at radius 1 is 0.933 bits per heavy atom. The topological polar surface area (TPSA) is 79.0 Å². The number of rotatable bonds is 10. The Labute approximate surface area is 270 Å². The van der Waals surface area contributed by atoms with Gasteiger partial charge in [0.25, 0.3) is 11.8 Å². The summed E-state index contributed by atoms with van der Waals surface area (Å²) in [7, 11) is 1.81. The van der Waals surface area contributed by atoms with Gasteiger partial charge in [-0.05, 0) is 119 Å². The molecule has 3 aliphatic carbocycles. The first-order valence-electron chi connectivity index (χ1n) is 16.6. The van der Waals surface area contributed by atoms with Crippen molar-refractivity contribution in [2.75, 3.05) is 23.9 Å². The number of nitrogens with one attached hydrogen (secondary N) is 1. The van der Waals surface area contributed by atoms with Crippen LogP contribution in [-0.2, 0) is 28.9 Å². The maximum Gasteiger partial charge on any atom is 0.308 e. The summed E-state index contributed by atoms with van der Waals surface area (Å²) < 4.78 is 5.28. The Balaban J connectivity index is 1.18. The monoisotopic (exact) mass is 627 g/mol. The zero-order valence-electron chi connectivity index (χ0n) is 26.8. The number of aryl methyl sites for hydroxylation is 2. The van der Waals surface area contributed by atoms with Crippen LogP contribution in [0.4, 0.5) is 10.7 Å². The minimum atomic E-state index is -0.185. The molecule has 3 aromatic rings. The number of hydrogen-bond donors (Lipinski definition) is 1. The van der Waals surface area contributed by atoms with Gasteiger partial charge in [-0.1, -0.05) is 24.3 Å². The number of nitrogens with zero attached hydrogens (tertiary/aromatic N) is 2. The minimum Gasteiger partial charge on any atom is -0.466 e. The third-order valence-electron chi connectivity index (χ3n) is 9.66. The smallest absolute Gasteiger partial charge is 0.308 e. The van der Waals surface area contributed by atoms with E-state index in [4.69, 9.17) is 4.74 Å². The summed E-state index contributed by atoms with van der Waals surface area (Å²) in [5.41, 5.74) is 5.39. The van der Waals surface area contributed by atoms with Crippen molar-refractivity contribution in [3.05, 3.63) is 81.2 Å². The van der Waals surface area contributed by atoms with Crippen molar-refractivity contribution >= 4 is 39.8 Å². The molecule has 2 aromatic carbocycles. The van der Waals surface area contributed by atoms with Gasteiger partial charge in [0.1, 0.15) is 5.00 Å². The number of fused-ring (bicyclic) bond motifs is 1. The van der Waals surface area contributed by atoms with Crippen LogP contribution in [-0.4, -0.2) is 48.4 Å². The van der Waals surface area contributed by atoms with Crippen LogP contribution in [0.25, 0.3) is 0 Å². The molecule has 1 heterocycles. The number of anilines is 2. The zero-order valence-corrected chi connectivity index (χ0v) is 27.6. The second-order valence-electron chi connectivity index (χ2n) is 12.9. The van der Waals surface area contributed by atoms with E-state index in [1.165, 1.54) is 17.7 Å². The molecule has 0 unspecified atom stereocenters. The summed E-state index contributed by atoms with van der Waals surface area (Å²) in [6.07, 6.45) is 10.1. The molecule has 8 heteroatoms. The fourth-order valence-electron chi connectivity index (χ4n) is 7.06. The summed E-state index contributed by atoms with van der Waals surface area (Å²) in [6.45, 7) is 5.12. The molecule has 0 bridgehead atoms. The first-order valence-corrected chi connectivity index (χ1v) is 17.5. The van der Waals surface area contributed by atoms with Gasteiger partial charge in [-0.2, -0.15) is 0 Å². The number of carbonyl (C=O) groups is 3. The van der Waals surface area contributed by atoms with E-state index in [-0.39, 0.29) is 23.7 Å². The van der Waals surface area contributed by atoms with Gasteiger partial charge in [0.2, 0.25) is 0 Å². The molecular weight excluding hydrogens is 582 g/mol. The van der Waals surface area contributed by atoms with Crippen molar-refractivity contribution in [3.63, 3.8) is 0 Å². The molecule has 0 radical (unpaired) electrons. The Hall–Kier alpha value is -3.49. The summed E-state index contributed by atoms with van der Waals surface area (Å²) in [5, 5.41) is 3.81. The van der Waals surface area contributed by atoms with Crippen LogP contribution < -0.4 is 10.2 Å². The molecule has 2 saturated carbocycles. The second-order valence-corrected chi connectivity index (χ2v) is 14.0. The predicted molar refractivity (Wildman–Crippen MR) is 180 cm³/mol. The van der Waals surface area contributed by atoms with Crippen molar-refractivity contribution in [3.8, 4) is 0 Å². The highest BCUT2D eigenvalue weighted by Crippen LogP contribution is 2.40. The Bertz CT molecular complexity index is 1550. The van der Waals surface area contributed by atoms with Gasteiger partial charge < -0.3 is 15.0 Å². The number of thiophene rings is 1. The fraction of sp³-hybridized carbons (Fsp3) is 0.486. The Kier molecular flexibility index (Phi) is 9.71. The summed E-state index contributed by atoms with van der Waals surface area (Å²) in [5.74, 6) is -0.297. The lowest BCUT2D eigenvalue weighted by molar-refractivity contribution is -0.149. The quantitative estimate of drug-likeness (QED) is 0.235. The van der Waals surface area contributed by atoms with Gasteiger partial charge in [0.05, 0.1) is 18.1 Å². The van der Waals surface area contributed by atoms with Crippen LogP contribution in [0.2, 0.25) is 0 Å². The molecule has 1 aromatic heterocycles. The van der Waals surface area contributed by atoms with Crippen molar-refractivity contribution < 1.29 is 19.1 Å². The normalized spacial score (nSPS) is 19.6. The highest BCUT2D eigenvalue weighted by molar-refractivity contribution is 7.17. The average Bonchev–Trinajstić information content (AvgIpc) is 3.83. The predicted octanol–water partition coefficient (Wildman–Crippen LogP) is 7.55. The van der Waals surface area contributed by atoms with E-state index >= 15 is 0 Å². The molecule has 238 valence electrons. The average molecular weight is 628 g/mol. The third-order valence-corrected chi connectivity index (χ3v) is 10.9. The molecule has 0 aliphatic heterocycles. The lowest BCUT2D eigenvalue weighted by atomic mass is 9.85. The summed E-state index contributed by atoms with van der Waals surface area (Å²) >= 11 is 1.56. The summed E-state index contributed by atoms with van der Waals surface area (Å²) in [6, 6.07) is 16.9. The molecule has 2 amide bonds. The molecule has 2 fully saturated rings. The van der Waals surface area contributed by atoms with E-state index < -0.39 is 0 Å². The Morgan fingerprint density at radius 2 is 1.64 bits per heavy atom. The van der Waals surface area contributed by atoms with E-state index in [1.807, 2.05) is 63.4 Å². The van der Waals surface area contributed by atoms with Gasteiger partial charge in [-0.3, -0.25) is 19.3 Å². The van der Waals surface area contributed by atoms with Crippen LogP contribution in [0.15, 0.2) is 48.5 Å². The Morgan fingerprint density at radius 3 is 2.36 bits per heavy atom. The van der Waals surface area contributed by atoms with Crippen LogP contribution in [0.1, 0.15) is 101 Å². The molecule has 0 spiro atoms. The third kappa shape index (κ3) is 7.17. The fourth-order valence-corrected chi connectivity index (χ4v) is 8.34. The van der Waals surface area contributed by atoms with Crippen molar-refractivity contribution in [1.29, 1.82) is 0 Å². The van der Waals surface area contributed by atoms with E-state index in [0.29, 0.717) is 34.8 Å². The van der Waals surface area contributed by atoms with Crippen molar-refractivity contribution in [2.24, 2.45) is 5.92 Å². The standard InChI is InChI=1S/C37H45N3O4S/c1-4-44-37(43)26-15-17-28(18-16-26)40(29-19-20-29)23-25-10-8-11-27(22-25)34(41)38-35-33(31-13-5-6-14-32(31)45-35)36(42)39(3)30-12-7-9-24(2)21-30/h7-12,21-22,26,28-29H,4-6,13-20,23H2,1-3H3,(H,38,41). The molecular formula is C37H45N3O4S. The number of amides is 2. The molecule has 0 saturated heterocycles. The molecule has 1 N–H and O–H groups in total. The van der Waals surface area contributed by atoms with Gasteiger partial charge in [-0.25, -0.2) is 0 Å². The first-order chi connectivity index (χ1) is 21.8. The lowest BCUT2D eigenvalue weighted by Crippen LogP contribution is -2.40. The molecule has 0 atom stereocenters. The van der Waals surface area contributed by atoms with E-state index in [2.05, 4.69) is 16.3 Å². The molecule has 45 heavy (non-hydrogen) atoms. The highest BCUT2D eigenvalue weighted by atomic mass is 32.1. The number of hydrogen-bond acceptors (Lipinski definition) is 6. The first kappa shape index (κ1) is 31.5. The van der Waals surface area contributed by atoms with Gasteiger partial charge in [-0.15, -0.1) is 11.3 Å². The largest absolute Gasteiger partial charge is 0.466 e. The van der Waals surface area contributed by atoms with E-state index in [1.54, 1.807) is 16.2 Å². The molecule has 6 rings (SSSR count). The van der Waals surface area contributed by atoms with Crippen LogP contribution in [0.5, 0.6) is 0 Å². The van der Waals surface area contributed by atoms with Crippen LogP contribution in [0.3, 0.4) is 0 Å². The second kappa shape index (κ2) is 13.9. The maximum absolute atomic E-state index is 14.0. The number of esters is 1. The van der Waals surface area contributed by atoms with E-state index in [9.17, 15) is 14.4 Å². The highest BCUT2D eigenvalue weighted by Gasteiger charge is 2.37. The number of benzene rings is 2. The van der Waals surface area contributed by atoms with Crippen LogP contribution >= 0.6 is 11.3 Å². The number of ether oxygens (including phenoxy) is 1. The van der Waals surface area contributed by atoms with Crippen LogP contribution in [0, 0.1) is 12.8 Å². The molecule has 7 nitrogen and oxygen atoms in total. The summed E-state index contributed by atoms with van der Waals surface area (Å²) in [4.78, 5) is 45.5. The SMILES string of the molecule is CCOC(=O)C1CCC(N(Cc2cccc(C(=O)Nc3sc4c(c3C(=O)N(C)c3cccc(C)c3)CCCC4)c2)C2CC2)CC1. The van der Waals surface area contributed by atoms with Crippen molar-refractivity contribution in [2.45, 2.75) is 96.7 Å². The minimum absolute atomic E-state index is 0.0190. The van der Waals surface area contributed by atoms with E-state index in [0.717, 1.165) is 80.3 Å². The zero-order chi connectivity index (χ0) is 31.5. The maximum atomic E-state index is 14.0.